The van der Waals surface area contributed by atoms with Crippen molar-refractivity contribution in [3.63, 3.8) is 0 Å². The van der Waals surface area contributed by atoms with E-state index in [4.69, 9.17) is 9.47 Å². The number of hydrogen-bond donors (Lipinski definition) is 1. The molecule has 1 atom stereocenters. The number of nitrogens with zero attached hydrogens (tertiary/aromatic N) is 1. The summed E-state index contributed by atoms with van der Waals surface area (Å²) in [5.41, 5.74) is 2.37. The molecule has 0 saturated carbocycles. The van der Waals surface area contributed by atoms with Gasteiger partial charge in [-0.2, -0.15) is 0 Å². The van der Waals surface area contributed by atoms with E-state index < -0.39 is 0 Å². The number of likely N-dealkylation sites (tertiary alicyclic amines) is 1. The first-order valence-electron chi connectivity index (χ1n) is 9.58. The van der Waals surface area contributed by atoms with E-state index in [0.29, 0.717) is 12.6 Å². The van der Waals surface area contributed by atoms with E-state index in [9.17, 15) is 0 Å². The van der Waals surface area contributed by atoms with Gasteiger partial charge in [-0.3, -0.25) is 4.90 Å². The Morgan fingerprint density at radius 1 is 1.08 bits per heavy atom. The molecule has 140 valence electrons. The van der Waals surface area contributed by atoms with Crippen molar-refractivity contribution in [2.75, 3.05) is 26.7 Å². The number of benzene rings is 2. The van der Waals surface area contributed by atoms with Crippen molar-refractivity contribution < 1.29 is 9.47 Å². The lowest BCUT2D eigenvalue weighted by Crippen LogP contribution is -2.37. The minimum atomic E-state index is 0.545. The van der Waals surface area contributed by atoms with Crippen LogP contribution in [0.25, 0.3) is 0 Å². The molecule has 1 aliphatic rings. The molecule has 1 N–H and O–H groups in total. The predicted molar refractivity (Wildman–Crippen MR) is 106 cm³/mol. The highest BCUT2D eigenvalue weighted by molar-refractivity contribution is 5.43. The van der Waals surface area contributed by atoms with E-state index in [2.05, 4.69) is 41.4 Å². The second-order valence-electron chi connectivity index (χ2n) is 6.82. The lowest BCUT2D eigenvalue weighted by atomic mass is 10.1. The average molecular weight is 354 g/mol. The standard InChI is InChI=1S/C22H30N2O2/c1-3-24-13-7-10-20(24)16-23-15-19-11-12-21(22(14-19)25-2)26-17-18-8-5-4-6-9-18/h4-6,8-9,11-12,14,20,23H,3,7,10,13,15-17H2,1-2H3. The molecule has 0 radical (unpaired) electrons. The summed E-state index contributed by atoms with van der Waals surface area (Å²) in [4.78, 5) is 2.56. The number of hydrogen-bond acceptors (Lipinski definition) is 4. The van der Waals surface area contributed by atoms with Gasteiger partial charge in [0.05, 0.1) is 7.11 Å². The maximum Gasteiger partial charge on any atom is 0.161 e. The Labute approximate surface area is 157 Å². The predicted octanol–water partition coefficient (Wildman–Crippen LogP) is 3.85. The van der Waals surface area contributed by atoms with Gasteiger partial charge in [0.2, 0.25) is 0 Å². The van der Waals surface area contributed by atoms with Gasteiger partial charge in [-0.1, -0.05) is 43.3 Å². The fourth-order valence-electron chi connectivity index (χ4n) is 3.60. The fraction of sp³-hybridized carbons (Fsp3) is 0.455. The molecule has 1 aliphatic heterocycles. The van der Waals surface area contributed by atoms with Crippen molar-refractivity contribution in [2.24, 2.45) is 0 Å². The van der Waals surface area contributed by atoms with Crippen LogP contribution in [0.2, 0.25) is 0 Å². The van der Waals surface area contributed by atoms with Crippen LogP contribution in [0.5, 0.6) is 11.5 Å². The second-order valence-corrected chi connectivity index (χ2v) is 6.82. The zero-order chi connectivity index (χ0) is 18.2. The summed E-state index contributed by atoms with van der Waals surface area (Å²) in [7, 11) is 1.69. The van der Waals surface area contributed by atoms with Gasteiger partial charge in [-0.25, -0.2) is 0 Å². The molecule has 1 unspecified atom stereocenters. The van der Waals surface area contributed by atoms with Crippen molar-refractivity contribution in [1.29, 1.82) is 0 Å². The molecule has 0 spiro atoms. The number of methoxy groups -OCH3 is 1. The zero-order valence-corrected chi connectivity index (χ0v) is 15.9. The molecule has 2 aromatic carbocycles. The Balaban J connectivity index is 1.52. The molecule has 1 heterocycles. The van der Waals surface area contributed by atoms with E-state index in [1.807, 2.05) is 24.3 Å². The summed E-state index contributed by atoms with van der Waals surface area (Å²) in [6.45, 7) is 7.07. The molecule has 4 heteroatoms. The summed E-state index contributed by atoms with van der Waals surface area (Å²) >= 11 is 0. The molecule has 0 bridgehead atoms. The number of ether oxygens (including phenoxy) is 2. The average Bonchev–Trinajstić information content (AvgIpc) is 3.15. The summed E-state index contributed by atoms with van der Waals surface area (Å²) in [6, 6.07) is 17.0. The van der Waals surface area contributed by atoms with Crippen LogP contribution >= 0.6 is 0 Å². The normalized spacial score (nSPS) is 17.4. The molecule has 3 rings (SSSR count). The molecule has 2 aromatic rings. The van der Waals surface area contributed by atoms with E-state index in [1.165, 1.54) is 24.9 Å². The maximum atomic E-state index is 5.93. The summed E-state index contributed by atoms with van der Waals surface area (Å²) in [5.74, 6) is 1.57. The second kappa shape index (κ2) is 9.60. The van der Waals surface area contributed by atoms with Gasteiger partial charge in [0.15, 0.2) is 11.5 Å². The van der Waals surface area contributed by atoms with E-state index in [-0.39, 0.29) is 0 Å². The summed E-state index contributed by atoms with van der Waals surface area (Å²) < 4.78 is 11.5. The van der Waals surface area contributed by atoms with E-state index >= 15 is 0 Å². The van der Waals surface area contributed by atoms with Crippen LogP contribution in [0.3, 0.4) is 0 Å². The highest BCUT2D eigenvalue weighted by Crippen LogP contribution is 2.29. The van der Waals surface area contributed by atoms with Gasteiger partial charge in [0.1, 0.15) is 6.61 Å². The maximum absolute atomic E-state index is 5.93. The Morgan fingerprint density at radius 3 is 2.69 bits per heavy atom. The van der Waals surface area contributed by atoms with Crippen LogP contribution < -0.4 is 14.8 Å². The quantitative estimate of drug-likeness (QED) is 0.742. The van der Waals surface area contributed by atoms with Gasteiger partial charge in [0, 0.05) is 19.1 Å². The Bertz CT molecular complexity index is 675. The van der Waals surface area contributed by atoms with Crippen LogP contribution in [0, 0.1) is 0 Å². The Morgan fingerprint density at radius 2 is 1.92 bits per heavy atom. The van der Waals surface area contributed by atoms with Gasteiger partial charge in [-0.05, 0) is 49.2 Å². The summed E-state index contributed by atoms with van der Waals surface area (Å²) in [6.07, 6.45) is 2.62. The number of rotatable bonds is 9. The molecule has 1 fully saturated rings. The van der Waals surface area contributed by atoms with Crippen LogP contribution in [-0.2, 0) is 13.2 Å². The first-order chi connectivity index (χ1) is 12.8. The highest BCUT2D eigenvalue weighted by atomic mass is 16.5. The Hall–Kier alpha value is -2.04. The Kier molecular flexibility index (Phi) is 6.92. The third-order valence-electron chi connectivity index (χ3n) is 5.08. The minimum Gasteiger partial charge on any atom is -0.493 e. The minimum absolute atomic E-state index is 0.545. The molecular weight excluding hydrogens is 324 g/mol. The third kappa shape index (κ3) is 4.99. The molecular formula is C22H30N2O2. The van der Waals surface area contributed by atoms with Crippen molar-refractivity contribution in [1.82, 2.24) is 10.2 Å². The van der Waals surface area contributed by atoms with Crippen molar-refractivity contribution >= 4 is 0 Å². The molecule has 26 heavy (non-hydrogen) atoms. The zero-order valence-electron chi connectivity index (χ0n) is 15.9. The van der Waals surface area contributed by atoms with E-state index in [1.54, 1.807) is 7.11 Å². The van der Waals surface area contributed by atoms with Crippen molar-refractivity contribution in [2.45, 2.75) is 39.0 Å². The number of nitrogens with one attached hydrogen (secondary N) is 1. The highest BCUT2D eigenvalue weighted by Gasteiger charge is 2.22. The smallest absolute Gasteiger partial charge is 0.161 e. The monoisotopic (exact) mass is 354 g/mol. The largest absolute Gasteiger partial charge is 0.493 e. The molecule has 4 nitrogen and oxygen atoms in total. The van der Waals surface area contributed by atoms with Crippen molar-refractivity contribution in [3.05, 3.63) is 59.7 Å². The van der Waals surface area contributed by atoms with Gasteiger partial charge >= 0.3 is 0 Å². The van der Waals surface area contributed by atoms with Crippen LogP contribution in [-0.4, -0.2) is 37.7 Å². The molecule has 1 saturated heterocycles. The third-order valence-corrected chi connectivity index (χ3v) is 5.08. The van der Waals surface area contributed by atoms with Crippen molar-refractivity contribution in [3.8, 4) is 11.5 Å². The molecule has 0 aromatic heterocycles. The van der Waals surface area contributed by atoms with Gasteiger partial charge in [0.25, 0.3) is 0 Å². The lowest BCUT2D eigenvalue weighted by molar-refractivity contribution is 0.260. The van der Waals surface area contributed by atoms with Crippen LogP contribution in [0.15, 0.2) is 48.5 Å². The summed E-state index contributed by atoms with van der Waals surface area (Å²) in [5, 5.41) is 3.60. The molecule has 0 amide bonds. The SMILES string of the molecule is CCN1CCCC1CNCc1ccc(OCc2ccccc2)c(OC)c1. The first kappa shape index (κ1) is 18.7. The lowest BCUT2D eigenvalue weighted by Gasteiger charge is -2.23. The van der Waals surface area contributed by atoms with Gasteiger partial charge in [-0.15, -0.1) is 0 Å². The van der Waals surface area contributed by atoms with E-state index in [0.717, 1.165) is 36.7 Å². The first-order valence-corrected chi connectivity index (χ1v) is 9.58. The number of likely N-dealkylation sites (N-methyl/N-ethyl adjacent to an activating group) is 1. The molecule has 0 aliphatic carbocycles. The van der Waals surface area contributed by atoms with Gasteiger partial charge < -0.3 is 14.8 Å². The van der Waals surface area contributed by atoms with Crippen LogP contribution in [0.4, 0.5) is 0 Å². The van der Waals surface area contributed by atoms with Crippen LogP contribution in [0.1, 0.15) is 30.9 Å². The fourth-order valence-corrected chi connectivity index (χ4v) is 3.60. The topological polar surface area (TPSA) is 33.7 Å².